The van der Waals surface area contributed by atoms with Gasteiger partial charge in [-0.15, -0.1) is 0 Å². The first-order valence-corrected chi connectivity index (χ1v) is 11.4. The fourth-order valence-corrected chi connectivity index (χ4v) is 4.24. The van der Waals surface area contributed by atoms with Crippen LogP contribution in [-0.4, -0.2) is 42.0 Å². The van der Waals surface area contributed by atoms with Crippen LogP contribution < -0.4 is 15.2 Å². The van der Waals surface area contributed by atoms with Crippen LogP contribution in [0.5, 0.6) is 11.5 Å². The van der Waals surface area contributed by atoms with Crippen LogP contribution in [0.1, 0.15) is 18.1 Å². The molecule has 7 heteroatoms. The minimum atomic E-state index is -0.570. The topological polar surface area (TPSA) is 86.8 Å². The molecule has 4 aromatic rings. The second-order valence-corrected chi connectivity index (χ2v) is 8.31. The number of methoxy groups -OCH3 is 1. The van der Waals surface area contributed by atoms with Crippen molar-refractivity contribution in [2.24, 2.45) is 5.73 Å². The van der Waals surface area contributed by atoms with Crippen LogP contribution in [0.2, 0.25) is 0 Å². The molecule has 0 spiro atoms. The molecule has 7 nitrogen and oxygen atoms in total. The van der Waals surface area contributed by atoms with Crippen molar-refractivity contribution >= 4 is 39.7 Å². The number of benzene rings is 3. The van der Waals surface area contributed by atoms with Gasteiger partial charge in [0, 0.05) is 48.0 Å². The number of amides is 2. The summed E-state index contributed by atoms with van der Waals surface area (Å²) in [4.78, 5) is 25.4. The lowest BCUT2D eigenvalue weighted by atomic mass is 10.1. The Hall–Kier alpha value is -4.26. The summed E-state index contributed by atoms with van der Waals surface area (Å²) in [6.07, 6.45) is 3.25. The van der Waals surface area contributed by atoms with Gasteiger partial charge in [-0.2, -0.15) is 0 Å². The molecule has 0 radical (unpaired) electrons. The van der Waals surface area contributed by atoms with E-state index in [0.717, 1.165) is 17.7 Å². The van der Waals surface area contributed by atoms with E-state index in [1.165, 1.54) is 35.0 Å². The summed E-state index contributed by atoms with van der Waals surface area (Å²) < 4.78 is 13.0. The minimum Gasteiger partial charge on any atom is -0.493 e. The van der Waals surface area contributed by atoms with Crippen molar-refractivity contribution in [3.8, 4) is 11.5 Å². The molecular weight excluding hydrogens is 442 g/mol. The number of fused-ring (bicyclic) bond motifs is 3. The van der Waals surface area contributed by atoms with Gasteiger partial charge in [-0.3, -0.25) is 9.59 Å². The number of likely N-dealkylation sites (N-methyl/N-ethyl adjacent to an activating group) is 1. The van der Waals surface area contributed by atoms with Crippen LogP contribution in [0.4, 0.5) is 0 Å². The van der Waals surface area contributed by atoms with Crippen LogP contribution >= 0.6 is 0 Å². The molecule has 0 saturated carbocycles. The first kappa shape index (κ1) is 23.9. The molecule has 35 heavy (non-hydrogen) atoms. The number of aryl methyl sites for hydroxylation is 1. The highest BCUT2D eigenvalue weighted by Crippen LogP contribution is 2.30. The molecule has 0 unspecified atom stereocenters. The third-order valence-corrected chi connectivity index (χ3v) is 5.92. The SMILES string of the molecule is CCn1c2ccccc2c2cc(CN(C)C(=O)C=Cc3ccc(OCC(N)=O)c(OC)c3)ccc21. The highest BCUT2D eigenvalue weighted by atomic mass is 16.5. The lowest BCUT2D eigenvalue weighted by Crippen LogP contribution is -2.24. The quantitative estimate of drug-likeness (QED) is 0.368. The zero-order chi connectivity index (χ0) is 24.9. The Morgan fingerprint density at radius 3 is 2.51 bits per heavy atom. The van der Waals surface area contributed by atoms with Crippen LogP contribution in [0.25, 0.3) is 27.9 Å². The fourth-order valence-electron chi connectivity index (χ4n) is 4.24. The summed E-state index contributed by atoms with van der Waals surface area (Å²) in [5.41, 5.74) is 9.38. The molecule has 1 heterocycles. The number of para-hydroxylation sites is 1. The van der Waals surface area contributed by atoms with Gasteiger partial charge in [-0.05, 0) is 54.5 Å². The Morgan fingerprint density at radius 1 is 1.00 bits per heavy atom. The molecular formula is C28H29N3O4. The van der Waals surface area contributed by atoms with Crippen molar-refractivity contribution in [1.82, 2.24) is 9.47 Å². The number of carbonyl (C=O) groups is 2. The average Bonchev–Trinajstić information content (AvgIpc) is 3.19. The molecule has 4 rings (SSSR count). The predicted molar refractivity (Wildman–Crippen MR) is 138 cm³/mol. The number of nitrogens with two attached hydrogens (primary N) is 1. The first-order chi connectivity index (χ1) is 16.9. The number of ether oxygens (including phenoxy) is 2. The van der Waals surface area contributed by atoms with Crippen molar-refractivity contribution < 1.29 is 19.1 Å². The van der Waals surface area contributed by atoms with Crippen molar-refractivity contribution in [1.29, 1.82) is 0 Å². The number of rotatable bonds is 9. The van der Waals surface area contributed by atoms with E-state index in [9.17, 15) is 9.59 Å². The average molecular weight is 472 g/mol. The predicted octanol–water partition coefficient (Wildman–Crippen LogP) is 4.36. The number of carbonyl (C=O) groups excluding carboxylic acids is 2. The Bertz CT molecular complexity index is 1420. The molecule has 2 N–H and O–H groups in total. The Kier molecular flexibility index (Phi) is 7.06. The fraction of sp³-hybridized carbons (Fsp3) is 0.214. The van der Waals surface area contributed by atoms with E-state index in [1.807, 2.05) is 0 Å². The van der Waals surface area contributed by atoms with Crippen LogP contribution in [0, 0.1) is 0 Å². The smallest absolute Gasteiger partial charge is 0.255 e. The summed E-state index contributed by atoms with van der Waals surface area (Å²) >= 11 is 0. The van der Waals surface area contributed by atoms with E-state index in [1.54, 1.807) is 36.2 Å². The van der Waals surface area contributed by atoms with E-state index >= 15 is 0 Å². The maximum atomic E-state index is 12.8. The van der Waals surface area contributed by atoms with Crippen molar-refractivity contribution in [2.75, 3.05) is 20.8 Å². The second-order valence-electron chi connectivity index (χ2n) is 8.31. The van der Waals surface area contributed by atoms with Gasteiger partial charge in [0.15, 0.2) is 18.1 Å². The number of aromatic nitrogens is 1. The molecule has 0 aliphatic rings. The highest BCUT2D eigenvalue weighted by molar-refractivity contribution is 6.08. The van der Waals surface area contributed by atoms with Crippen molar-refractivity contribution in [3.05, 3.63) is 77.9 Å². The summed E-state index contributed by atoms with van der Waals surface area (Å²) in [5, 5.41) is 2.42. The Balaban J connectivity index is 1.48. The largest absolute Gasteiger partial charge is 0.493 e. The Labute approximate surface area is 204 Å². The van der Waals surface area contributed by atoms with E-state index in [4.69, 9.17) is 15.2 Å². The van der Waals surface area contributed by atoms with Gasteiger partial charge in [-0.1, -0.05) is 30.3 Å². The normalized spacial score (nSPS) is 11.3. The summed E-state index contributed by atoms with van der Waals surface area (Å²) in [6, 6.07) is 20.0. The van der Waals surface area contributed by atoms with Crippen LogP contribution in [-0.2, 0) is 22.7 Å². The molecule has 0 atom stereocenters. The molecule has 0 aliphatic carbocycles. The first-order valence-electron chi connectivity index (χ1n) is 11.4. The van der Waals surface area contributed by atoms with Gasteiger partial charge in [0.05, 0.1) is 7.11 Å². The van der Waals surface area contributed by atoms with Crippen LogP contribution in [0.3, 0.4) is 0 Å². The van der Waals surface area contributed by atoms with Gasteiger partial charge in [0.2, 0.25) is 5.91 Å². The van der Waals surface area contributed by atoms with Gasteiger partial charge >= 0.3 is 0 Å². The number of hydrogen-bond acceptors (Lipinski definition) is 4. The summed E-state index contributed by atoms with van der Waals surface area (Å²) in [5.74, 6) is 0.175. The molecule has 180 valence electrons. The maximum Gasteiger partial charge on any atom is 0.255 e. The number of hydrogen-bond donors (Lipinski definition) is 1. The molecule has 0 fully saturated rings. The Morgan fingerprint density at radius 2 is 1.77 bits per heavy atom. The van der Waals surface area contributed by atoms with Crippen LogP contribution in [0.15, 0.2) is 66.7 Å². The van der Waals surface area contributed by atoms with Gasteiger partial charge < -0.3 is 24.7 Å². The molecule has 0 bridgehead atoms. The zero-order valence-corrected chi connectivity index (χ0v) is 20.2. The van der Waals surface area contributed by atoms with Crippen molar-refractivity contribution in [2.45, 2.75) is 20.0 Å². The van der Waals surface area contributed by atoms with E-state index in [-0.39, 0.29) is 12.5 Å². The minimum absolute atomic E-state index is 0.117. The standard InChI is InChI=1S/C28H29N3O4/c1-4-31-23-8-6-5-7-21(23)22-15-20(9-12-24(22)31)17-30(2)28(33)14-11-19-10-13-25(26(16-19)34-3)35-18-27(29)32/h5-16H,4,17-18H2,1-3H3,(H2,29,32). The van der Waals surface area contributed by atoms with Crippen molar-refractivity contribution in [3.63, 3.8) is 0 Å². The monoisotopic (exact) mass is 471 g/mol. The maximum absolute atomic E-state index is 12.8. The third kappa shape index (κ3) is 5.14. The molecule has 1 aromatic heterocycles. The van der Waals surface area contributed by atoms with E-state index in [0.29, 0.717) is 18.0 Å². The van der Waals surface area contributed by atoms with Gasteiger partial charge in [0.25, 0.3) is 5.91 Å². The number of primary amides is 1. The summed E-state index contributed by atoms with van der Waals surface area (Å²) in [6.45, 7) is 3.30. The van der Waals surface area contributed by atoms with E-state index < -0.39 is 5.91 Å². The number of nitrogens with zero attached hydrogens (tertiary/aromatic N) is 2. The van der Waals surface area contributed by atoms with Gasteiger partial charge in [-0.25, -0.2) is 0 Å². The molecule has 2 amide bonds. The second kappa shape index (κ2) is 10.3. The lowest BCUT2D eigenvalue weighted by Gasteiger charge is -2.15. The third-order valence-electron chi connectivity index (χ3n) is 5.92. The zero-order valence-electron chi connectivity index (χ0n) is 20.2. The molecule has 0 saturated heterocycles. The summed E-state index contributed by atoms with van der Waals surface area (Å²) in [7, 11) is 3.29. The molecule has 0 aliphatic heterocycles. The highest BCUT2D eigenvalue weighted by Gasteiger charge is 2.12. The molecule has 3 aromatic carbocycles. The lowest BCUT2D eigenvalue weighted by molar-refractivity contribution is -0.125. The van der Waals surface area contributed by atoms with Gasteiger partial charge in [0.1, 0.15) is 0 Å². The van der Waals surface area contributed by atoms with E-state index in [2.05, 4.69) is 54.0 Å².